The number of hydrogen-bond acceptors (Lipinski definition) is 5. The number of aromatic nitrogens is 1. The van der Waals surface area contributed by atoms with E-state index >= 15 is 0 Å². The van der Waals surface area contributed by atoms with Crippen molar-refractivity contribution in [3.8, 4) is 0 Å². The van der Waals surface area contributed by atoms with E-state index in [0.29, 0.717) is 17.7 Å². The molecule has 0 N–H and O–H groups in total. The van der Waals surface area contributed by atoms with Crippen molar-refractivity contribution in [1.29, 1.82) is 0 Å². The molecule has 5 nitrogen and oxygen atoms in total. The summed E-state index contributed by atoms with van der Waals surface area (Å²) in [5.41, 5.74) is 2.27. The molecule has 0 unspecified atom stereocenters. The molecule has 5 rings (SSSR count). The van der Waals surface area contributed by atoms with Crippen LogP contribution in [0.1, 0.15) is 46.4 Å². The first-order chi connectivity index (χ1) is 15.2. The Hall–Kier alpha value is -3.12. The number of benzene rings is 2. The number of fused-ring (bicyclic) bond motifs is 3. The Morgan fingerprint density at radius 1 is 0.677 bits per heavy atom. The highest BCUT2D eigenvalue weighted by molar-refractivity contribution is 7.99. The number of nitrogens with zero attached hydrogens (tertiary/aromatic N) is 3. The lowest BCUT2D eigenvalue weighted by atomic mass is 10.1. The van der Waals surface area contributed by atoms with Gasteiger partial charge in [0.05, 0.1) is 21.7 Å². The van der Waals surface area contributed by atoms with Crippen LogP contribution in [0.15, 0.2) is 76.7 Å². The number of para-hydroxylation sites is 1. The zero-order valence-electron chi connectivity index (χ0n) is 17.2. The van der Waals surface area contributed by atoms with Gasteiger partial charge in [0, 0.05) is 24.2 Å². The molecule has 0 aliphatic carbocycles. The van der Waals surface area contributed by atoms with Crippen molar-refractivity contribution in [2.45, 2.75) is 35.5 Å². The quantitative estimate of drug-likeness (QED) is 0.365. The van der Waals surface area contributed by atoms with Gasteiger partial charge in [-0.25, -0.2) is 4.98 Å². The zero-order valence-corrected chi connectivity index (χ0v) is 18.0. The summed E-state index contributed by atoms with van der Waals surface area (Å²) in [6.07, 6.45) is 5.72. The molecule has 2 aromatic carbocycles. The molecule has 6 heteroatoms. The van der Waals surface area contributed by atoms with Crippen LogP contribution < -0.4 is 4.90 Å². The van der Waals surface area contributed by atoms with E-state index in [4.69, 9.17) is 0 Å². The molecule has 0 spiro atoms. The minimum absolute atomic E-state index is 0.161. The molecular formula is C25H23N3O2S. The first-order valence-corrected chi connectivity index (χ1v) is 11.5. The maximum atomic E-state index is 12.5. The Morgan fingerprint density at radius 2 is 1.29 bits per heavy atom. The lowest BCUT2D eigenvalue weighted by Gasteiger charge is -2.31. The van der Waals surface area contributed by atoms with E-state index in [1.54, 1.807) is 36.0 Å². The van der Waals surface area contributed by atoms with Gasteiger partial charge in [0.25, 0.3) is 11.8 Å². The Morgan fingerprint density at radius 3 is 2.03 bits per heavy atom. The van der Waals surface area contributed by atoms with Crippen LogP contribution in [0.3, 0.4) is 0 Å². The molecule has 0 fully saturated rings. The van der Waals surface area contributed by atoms with Gasteiger partial charge in [0.15, 0.2) is 0 Å². The van der Waals surface area contributed by atoms with Crippen LogP contribution in [0, 0.1) is 0 Å². The van der Waals surface area contributed by atoms with Gasteiger partial charge in [-0.15, -0.1) is 0 Å². The molecule has 0 saturated carbocycles. The van der Waals surface area contributed by atoms with Crippen molar-refractivity contribution in [2.24, 2.45) is 0 Å². The minimum Gasteiger partial charge on any atom is -0.324 e. The zero-order chi connectivity index (χ0) is 21.2. The molecule has 2 aliphatic heterocycles. The molecule has 0 bridgehead atoms. The molecular weight excluding hydrogens is 406 g/mol. The van der Waals surface area contributed by atoms with Crippen molar-refractivity contribution in [3.05, 3.63) is 78.0 Å². The van der Waals surface area contributed by atoms with Crippen LogP contribution in [-0.2, 0) is 0 Å². The average Bonchev–Trinajstić information content (AvgIpc) is 3.05. The van der Waals surface area contributed by atoms with E-state index in [-0.39, 0.29) is 11.8 Å². The maximum Gasteiger partial charge on any atom is 0.261 e. The predicted molar refractivity (Wildman–Crippen MR) is 122 cm³/mol. The fourth-order valence-corrected chi connectivity index (χ4v) is 5.29. The first kappa shape index (κ1) is 19.8. The molecule has 2 aliphatic rings. The summed E-state index contributed by atoms with van der Waals surface area (Å²) >= 11 is 1.77. The molecule has 156 valence electrons. The number of hydrogen-bond donors (Lipinski definition) is 0. The minimum atomic E-state index is -0.161. The van der Waals surface area contributed by atoms with Gasteiger partial charge >= 0.3 is 0 Å². The highest BCUT2D eigenvalue weighted by Gasteiger charge is 2.34. The first-order valence-electron chi connectivity index (χ1n) is 10.7. The fraction of sp³-hybridized carbons (Fsp3) is 0.240. The number of rotatable bonds is 7. The molecule has 3 heterocycles. The van der Waals surface area contributed by atoms with Gasteiger partial charge < -0.3 is 4.90 Å². The molecule has 2 amide bonds. The standard InChI is InChI=1S/C25H23N3O2S/c29-24-18-10-3-4-11-19(18)25(30)28(24)17-8-2-1-7-16-27-20-12-5-6-13-21(20)31-22-14-9-15-26-23(22)27/h3-6,9-15H,1-2,7-8,16-17H2. The second-order valence-electron chi connectivity index (χ2n) is 7.77. The number of imide groups is 1. The summed E-state index contributed by atoms with van der Waals surface area (Å²) in [5.74, 6) is 0.702. The molecule has 1 aromatic heterocycles. The van der Waals surface area contributed by atoms with Crippen molar-refractivity contribution in [2.75, 3.05) is 18.0 Å². The van der Waals surface area contributed by atoms with Gasteiger partial charge in [0.1, 0.15) is 5.82 Å². The molecule has 0 atom stereocenters. The van der Waals surface area contributed by atoms with Crippen LogP contribution >= 0.6 is 11.8 Å². The van der Waals surface area contributed by atoms with E-state index in [1.165, 1.54) is 20.4 Å². The van der Waals surface area contributed by atoms with E-state index in [1.807, 2.05) is 12.3 Å². The molecule has 3 aromatic rings. The van der Waals surface area contributed by atoms with Gasteiger partial charge in [0.2, 0.25) is 0 Å². The Kier molecular flexibility index (Phi) is 5.47. The lowest BCUT2D eigenvalue weighted by Crippen LogP contribution is -2.30. The van der Waals surface area contributed by atoms with E-state index in [9.17, 15) is 9.59 Å². The second kappa shape index (κ2) is 8.55. The van der Waals surface area contributed by atoms with Crippen molar-refractivity contribution in [1.82, 2.24) is 9.88 Å². The highest BCUT2D eigenvalue weighted by Crippen LogP contribution is 2.46. The third kappa shape index (κ3) is 3.72. The molecule has 31 heavy (non-hydrogen) atoms. The third-order valence-electron chi connectivity index (χ3n) is 5.77. The summed E-state index contributed by atoms with van der Waals surface area (Å²) in [7, 11) is 0. The van der Waals surface area contributed by atoms with Gasteiger partial charge in [-0.2, -0.15) is 0 Å². The SMILES string of the molecule is O=C1c2ccccc2C(=O)N1CCCCCCN1c2ccccc2Sc2cccnc21. The lowest BCUT2D eigenvalue weighted by molar-refractivity contribution is 0.0651. The number of amides is 2. The van der Waals surface area contributed by atoms with Crippen molar-refractivity contribution < 1.29 is 9.59 Å². The highest BCUT2D eigenvalue weighted by atomic mass is 32.2. The van der Waals surface area contributed by atoms with Crippen LogP contribution in [0.5, 0.6) is 0 Å². The summed E-state index contributed by atoms with van der Waals surface area (Å²) in [4.78, 5) is 35.7. The third-order valence-corrected chi connectivity index (χ3v) is 6.88. The Balaban J connectivity index is 1.15. The van der Waals surface area contributed by atoms with E-state index in [0.717, 1.165) is 38.0 Å². The second-order valence-corrected chi connectivity index (χ2v) is 8.85. The Labute approximate surface area is 186 Å². The number of carbonyl (C=O) groups excluding carboxylic acids is 2. The predicted octanol–water partition coefficient (Wildman–Crippen LogP) is 5.54. The average molecular weight is 430 g/mol. The largest absolute Gasteiger partial charge is 0.324 e. The normalized spacial score (nSPS) is 14.5. The van der Waals surface area contributed by atoms with Gasteiger partial charge in [-0.05, 0) is 49.2 Å². The number of anilines is 2. The summed E-state index contributed by atoms with van der Waals surface area (Å²) < 4.78 is 0. The van der Waals surface area contributed by atoms with E-state index in [2.05, 4.69) is 40.2 Å². The molecule has 0 saturated heterocycles. The number of unbranched alkanes of at least 4 members (excludes halogenated alkanes) is 3. The van der Waals surface area contributed by atoms with Crippen molar-refractivity contribution in [3.63, 3.8) is 0 Å². The van der Waals surface area contributed by atoms with Crippen LogP contribution in [-0.4, -0.2) is 34.8 Å². The van der Waals surface area contributed by atoms with E-state index < -0.39 is 0 Å². The summed E-state index contributed by atoms with van der Waals surface area (Å²) in [5, 5.41) is 0. The van der Waals surface area contributed by atoms with Crippen LogP contribution in [0.25, 0.3) is 0 Å². The van der Waals surface area contributed by atoms with Gasteiger partial charge in [-0.3, -0.25) is 14.5 Å². The molecule has 0 radical (unpaired) electrons. The van der Waals surface area contributed by atoms with Crippen LogP contribution in [0.4, 0.5) is 11.5 Å². The summed E-state index contributed by atoms with van der Waals surface area (Å²) in [6, 6.07) is 19.6. The van der Waals surface area contributed by atoms with Crippen molar-refractivity contribution >= 4 is 35.1 Å². The Bertz CT molecular complexity index is 1070. The maximum absolute atomic E-state index is 12.5. The van der Waals surface area contributed by atoms with Crippen LogP contribution in [0.2, 0.25) is 0 Å². The smallest absolute Gasteiger partial charge is 0.261 e. The number of pyridine rings is 1. The number of carbonyl (C=O) groups is 2. The fourth-order valence-electron chi connectivity index (χ4n) is 4.23. The van der Waals surface area contributed by atoms with Gasteiger partial charge in [-0.1, -0.05) is 48.9 Å². The summed E-state index contributed by atoms with van der Waals surface area (Å²) in [6.45, 7) is 1.38. The monoisotopic (exact) mass is 429 g/mol. The topological polar surface area (TPSA) is 53.5 Å².